The van der Waals surface area contributed by atoms with E-state index < -0.39 is 12.2 Å². The molecule has 0 atom stereocenters. The molecule has 100 valence electrons. The van der Waals surface area contributed by atoms with E-state index in [2.05, 4.69) is 53.0 Å². The van der Waals surface area contributed by atoms with E-state index in [1.807, 2.05) is 0 Å². The lowest BCUT2D eigenvalue weighted by atomic mass is 10.3. The molecule has 0 heterocycles. The monoisotopic (exact) mass is 238 g/mol. The van der Waals surface area contributed by atoms with E-state index in [-0.39, 0.29) is 0 Å². The van der Waals surface area contributed by atoms with Crippen molar-refractivity contribution in [3.05, 3.63) is 0 Å². The number of rotatable bonds is 0. The van der Waals surface area contributed by atoms with Crippen LogP contribution in [0.15, 0.2) is 0 Å². The number of carboxylic acid groups (broad SMARTS) is 2. The molecule has 0 aliphatic rings. The van der Waals surface area contributed by atoms with Crippen LogP contribution in [-0.2, 0) is 0 Å². The summed E-state index contributed by atoms with van der Waals surface area (Å²) in [4.78, 5) is 17.6. The SMILES string of the molecule is CC(C)C.CC(C)C.NC(=O)O.NC(=O)O. The van der Waals surface area contributed by atoms with Gasteiger partial charge in [-0.3, -0.25) is 0 Å². The first kappa shape index (κ1) is 24.0. The zero-order chi connectivity index (χ0) is 14.3. The van der Waals surface area contributed by atoms with Crippen molar-refractivity contribution >= 4 is 12.2 Å². The topological polar surface area (TPSA) is 127 Å². The van der Waals surface area contributed by atoms with Gasteiger partial charge < -0.3 is 21.7 Å². The van der Waals surface area contributed by atoms with Crippen molar-refractivity contribution in [2.45, 2.75) is 41.5 Å². The largest absolute Gasteiger partial charge is 0.465 e. The van der Waals surface area contributed by atoms with E-state index in [1.54, 1.807) is 0 Å². The van der Waals surface area contributed by atoms with Crippen LogP contribution in [0.3, 0.4) is 0 Å². The zero-order valence-corrected chi connectivity index (χ0v) is 11.0. The van der Waals surface area contributed by atoms with E-state index in [0.29, 0.717) is 0 Å². The molecule has 6 N–H and O–H groups in total. The summed E-state index contributed by atoms with van der Waals surface area (Å²) < 4.78 is 0. The van der Waals surface area contributed by atoms with Crippen molar-refractivity contribution in [3.63, 3.8) is 0 Å². The number of hydrogen-bond acceptors (Lipinski definition) is 2. The van der Waals surface area contributed by atoms with Crippen LogP contribution < -0.4 is 11.5 Å². The fourth-order valence-electron chi connectivity index (χ4n) is 0. The molecule has 0 aromatic heterocycles. The second kappa shape index (κ2) is 19.2. The van der Waals surface area contributed by atoms with E-state index in [9.17, 15) is 0 Å². The molecule has 6 nitrogen and oxygen atoms in total. The Hall–Kier alpha value is -1.46. The zero-order valence-electron chi connectivity index (χ0n) is 11.0. The summed E-state index contributed by atoms with van der Waals surface area (Å²) in [5.74, 6) is 1.67. The van der Waals surface area contributed by atoms with Crippen molar-refractivity contribution < 1.29 is 19.8 Å². The summed E-state index contributed by atoms with van der Waals surface area (Å²) in [6.45, 7) is 13.0. The Morgan fingerprint density at radius 3 is 0.750 bits per heavy atom. The van der Waals surface area contributed by atoms with Gasteiger partial charge in [0.1, 0.15) is 0 Å². The normalized spacial score (nSPS) is 7.50. The van der Waals surface area contributed by atoms with Gasteiger partial charge in [-0.2, -0.15) is 0 Å². The van der Waals surface area contributed by atoms with Crippen LogP contribution in [0.25, 0.3) is 0 Å². The average molecular weight is 238 g/mol. The molecule has 0 unspecified atom stereocenters. The first-order valence-corrected chi connectivity index (χ1v) is 4.90. The van der Waals surface area contributed by atoms with Crippen LogP contribution in [0.1, 0.15) is 41.5 Å². The lowest BCUT2D eigenvalue weighted by Crippen LogP contribution is -2.03. The molecule has 0 bridgehead atoms. The Balaban J connectivity index is -0.0000000600. The Labute approximate surface area is 97.6 Å². The molecule has 0 aliphatic heterocycles. The molecule has 0 rings (SSSR count). The second-order valence-electron chi connectivity index (χ2n) is 4.14. The highest BCUT2D eigenvalue weighted by atomic mass is 16.4. The lowest BCUT2D eigenvalue weighted by Gasteiger charge is -1.79. The van der Waals surface area contributed by atoms with Gasteiger partial charge in [-0.1, -0.05) is 41.5 Å². The molecule has 0 aromatic carbocycles. The van der Waals surface area contributed by atoms with Gasteiger partial charge in [0.15, 0.2) is 0 Å². The predicted molar refractivity (Wildman–Crippen MR) is 65.4 cm³/mol. The van der Waals surface area contributed by atoms with Crippen molar-refractivity contribution in [1.29, 1.82) is 0 Å². The number of nitrogens with two attached hydrogens (primary N) is 2. The highest BCUT2D eigenvalue weighted by molar-refractivity contribution is 5.61. The van der Waals surface area contributed by atoms with E-state index in [1.165, 1.54) is 0 Å². The van der Waals surface area contributed by atoms with Crippen molar-refractivity contribution in [2.24, 2.45) is 23.3 Å². The molecule has 0 fully saturated rings. The van der Waals surface area contributed by atoms with E-state index in [0.717, 1.165) is 11.8 Å². The third kappa shape index (κ3) is 783. The van der Waals surface area contributed by atoms with Crippen LogP contribution in [0.4, 0.5) is 9.59 Å². The maximum atomic E-state index is 8.78. The summed E-state index contributed by atoms with van der Waals surface area (Å²) in [6, 6.07) is 0. The molecule has 6 heteroatoms. The lowest BCUT2D eigenvalue weighted by molar-refractivity contribution is 0.204. The van der Waals surface area contributed by atoms with Crippen LogP contribution >= 0.6 is 0 Å². The van der Waals surface area contributed by atoms with Crippen LogP contribution in [0.2, 0.25) is 0 Å². The van der Waals surface area contributed by atoms with Gasteiger partial charge >= 0.3 is 12.2 Å². The number of carbonyl (C=O) groups is 2. The molecule has 0 spiro atoms. The maximum Gasteiger partial charge on any atom is 0.402 e. The first-order valence-electron chi connectivity index (χ1n) is 4.90. The minimum atomic E-state index is -1.33. The van der Waals surface area contributed by atoms with E-state index in [4.69, 9.17) is 19.8 Å². The molecule has 2 amide bonds. The third-order valence-electron chi connectivity index (χ3n) is 0. The Bertz CT molecular complexity index is 127. The van der Waals surface area contributed by atoms with Gasteiger partial charge in [-0.15, -0.1) is 0 Å². The van der Waals surface area contributed by atoms with Crippen molar-refractivity contribution in [2.75, 3.05) is 0 Å². The second-order valence-corrected chi connectivity index (χ2v) is 4.14. The maximum absolute atomic E-state index is 8.78. The average Bonchev–Trinajstić information content (AvgIpc) is 1.76. The Morgan fingerprint density at radius 2 is 0.750 bits per heavy atom. The standard InChI is InChI=1S/2C4H10.2CH3NO2/c2*1-4(2)3;2*2-1(3)4/h2*4H,1-3H3;2*2H2,(H,3,4). The van der Waals surface area contributed by atoms with Crippen LogP contribution in [-0.4, -0.2) is 22.4 Å². The third-order valence-corrected chi connectivity index (χ3v) is 0. The van der Waals surface area contributed by atoms with Crippen molar-refractivity contribution in [3.8, 4) is 0 Å². The van der Waals surface area contributed by atoms with Crippen LogP contribution in [0.5, 0.6) is 0 Å². The fraction of sp³-hybridized carbons (Fsp3) is 0.800. The Kier molecular flexibility index (Phi) is 28.7. The van der Waals surface area contributed by atoms with Gasteiger partial charge in [0.25, 0.3) is 0 Å². The summed E-state index contributed by atoms with van der Waals surface area (Å²) in [6.07, 6.45) is -2.67. The molecule has 0 saturated heterocycles. The molecule has 0 saturated carbocycles. The van der Waals surface area contributed by atoms with Gasteiger partial charge in [0.05, 0.1) is 0 Å². The summed E-state index contributed by atoms with van der Waals surface area (Å²) >= 11 is 0. The van der Waals surface area contributed by atoms with Gasteiger partial charge in [0, 0.05) is 0 Å². The Morgan fingerprint density at radius 1 is 0.750 bits per heavy atom. The van der Waals surface area contributed by atoms with Crippen LogP contribution in [0, 0.1) is 11.8 Å². The van der Waals surface area contributed by atoms with Gasteiger partial charge in [-0.05, 0) is 11.8 Å². The van der Waals surface area contributed by atoms with E-state index >= 15 is 0 Å². The smallest absolute Gasteiger partial charge is 0.402 e. The van der Waals surface area contributed by atoms with Gasteiger partial charge in [0.2, 0.25) is 0 Å². The molecule has 16 heavy (non-hydrogen) atoms. The number of primary amides is 2. The summed E-state index contributed by atoms with van der Waals surface area (Å²) in [7, 11) is 0. The fourth-order valence-corrected chi connectivity index (χ4v) is 0. The van der Waals surface area contributed by atoms with Gasteiger partial charge in [-0.25, -0.2) is 9.59 Å². The number of amides is 2. The minimum absolute atomic E-state index is 0.833. The first-order chi connectivity index (χ1) is 6.93. The van der Waals surface area contributed by atoms with Crippen molar-refractivity contribution in [1.82, 2.24) is 0 Å². The molecular weight excluding hydrogens is 212 g/mol. The molecule has 0 aliphatic carbocycles. The minimum Gasteiger partial charge on any atom is -0.465 e. The summed E-state index contributed by atoms with van der Waals surface area (Å²) in [5.41, 5.74) is 8.06. The quantitative estimate of drug-likeness (QED) is 0.517. The highest BCUT2D eigenvalue weighted by Gasteiger charge is 1.68. The summed E-state index contributed by atoms with van der Waals surface area (Å²) in [5, 5.41) is 14.4. The highest BCUT2D eigenvalue weighted by Crippen LogP contribution is 1.81. The number of hydrogen-bond donors (Lipinski definition) is 4. The predicted octanol–water partition coefficient (Wildman–Crippen LogP) is 2.57. The molecule has 0 radical (unpaired) electrons. The molecular formula is C10H26N2O4. The molecule has 0 aromatic rings.